The van der Waals surface area contributed by atoms with Crippen LogP contribution in [-0.2, 0) is 0 Å². The van der Waals surface area contributed by atoms with E-state index in [1.807, 2.05) is 24.3 Å². The number of benzene rings is 2. The molecule has 0 amide bonds. The number of nitrogens with zero attached hydrogens (tertiary/aromatic N) is 1. The van der Waals surface area contributed by atoms with Gasteiger partial charge in [-0.25, -0.2) is 0 Å². The molecule has 2 aromatic carbocycles. The molecule has 0 radical (unpaired) electrons. The Bertz CT molecular complexity index is 750. The van der Waals surface area contributed by atoms with Crippen molar-refractivity contribution in [2.75, 3.05) is 12.4 Å². The van der Waals surface area contributed by atoms with Gasteiger partial charge in [0.15, 0.2) is 5.11 Å². The number of aromatic hydroxyl groups is 1. The van der Waals surface area contributed by atoms with Crippen molar-refractivity contribution in [3.05, 3.63) is 53.1 Å². The number of rotatable bonds is 4. The van der Waals surface area contributed by atoms with Crippen LogP contribution in [0.2, 0.25) is 5.02 Å². The molecule has 2 aromatic rings. The van der Waals surface area contributed by atoms with Crippen molar-refractivity contribution in [3.8, 4) is 11.5 Å². The van der Waals surface area contributed by atoms with Gasteiger partial charge >= 0.3 is 0 Å². The van der Waals surface area contributed by atoms with E-state index in [1.54, 1.807) is 26.2 Å². The van der Waals surface area contributed by atoms with E-state index in [2.05, 4.69) is 15.8 Å². The Morgan fingerprint density at radius 1 is 1.26 bits per heavy atom. The third kappa shape index (κ3) is 4.84. The lowest BCUT2D eigenvalue weighted by Crippen LogP contribution is -2.25. The predicted octanol–water partition coefficient (Wildman–Crippen LogP) is 3.76. The Hall–Kier alpha value is -2.31. The number of ether oxygens (including phenoxy) is 1. The third-order valence-corrected chi connectivity index (χ3v) is 3.43. The fourth-order valence-corrected chi connectivity index (χ4v) is 2.19. The zero-order valence-electron chi connectivity index (χ0n) is 12.6. The van der Waals surface area contributed by atoms with Gasteiger partial charge < -0.3 is 15.2 Å². The summed E-state index contributed by atoms with van der Waals surface area (Å²) in [5.74, 6) is 0.824. The first-order chi connectivity index (χ1) is 11.0. The van der Waals surface area contributed by atoms with Crippen molar-refractivity contribution < 1.29 is 9.84 Å². The van der Waals surface area contributed by atoms with Crippen molar-refractivity contribution in [3.63, 3.8) is 0 Å². The molecule has 0 heterocycles. The SMILES string of the molecule is COc1cccc(NC(=S)N/N=C(\C)c2cc(Cl)ccc2O)c1. The van der Waals surface area contributed by atoms with E-state index in [9.17, 15) is 5.11 Å². The number of halogens is 1. The van der Waals surface area contributed by atoms with E-state index < -0.39 is 0 Å². The molecule has 0 saturated heterocycles. The normalized spacial score (nSPS) is 11.0. The molecule has 0 aliphatic carbocycles. The number of hydrogen-bond acceptors (Lipinski definition) is 4. The van der Waals surface area contributed by atoms with Crippen LogP contribution in [0, 0.1) is 0 Å². The van der Waals surface area contributed by atoms with E-state index in [-0.39, 0.29) is 5.75 Å². The number of methoxy groups -OCH3 is 1. The van der Waals surface area contributed by atoms with Crippen LogP contribution in [0.25, 0.3) is 0 Å². The third-order valence-electron chi connectivity index (χ3n) is 3.00. The largest absolute Gasteiger partial charge is 0.507 e. The molecule has 0 atom stereocenters. The molecule has 2 rings (SSSR count). The first kappa shape index (κ1) is 17.1. The molecular weight excluding hydrogens is 334 g/mol. The fraction of sp³-hybridized carbons (Fsp3) is 0.125. The quantitative estimate of drug-likeness (QED) is 0.445. The van der Waals surface area contributed by atoms with E-state index in [0.29, 0.717) is 21.4 Å². The van der Waals surface area contributed by atoms with E-state index in [0.717, 1.165) is 11.4 Å². The summed E-state index contributed by atoms with van der Waals surface area (Å²) in [6, 6.07) is 12.1. The van der Waals surface area contributed by atoms with Gasteiger partial charge in [0.1, 0.15) is 11.5 Å². The Morgan fingerprint density at radius 3 is 2.78 bits per heavy atom. The van der Waals surface area contributed by atoms with Gasteiger partial charge in [0.05, 0.1) is 12.8 Å². The molecule has 0 aliphatic rings. The molecule has 0 spiro atoms. The average Bonchev–Trinajstić information content (AvgIpc) is 2.55. The summed E-state index contributed by atoms with van der Waals surface area (Å²) in [7, 11) is 1.60. The van der Waals surface area contributed by atoms with Crippen molar-refractivity contribution in [2.45, 2.75) is 6.92 Å². The zero-order chi connectivity index (χ0) is 16.8. The minimum absolute atomic E-state index is 0.101. The highest BCUT2D eigenvalue weighted by Crippen LogP contribution is 2.22. The van der Waals surface area contributed by atoms with Crippen molar-refractivity contribution in [1.82, 2.24) is 5.43 Å². The summed E-state index contributed by atoms with van der Waals surface area (Å²) in [5.41, 5.74) is 4.60. The molecule has 0 aromatic heterocycles. The molecule has 0 saturated carbocycles. The van der Waals surface area contributed by atoms with Gasteiger partial charge in [0, 0.05) is 22.3 Å². The van der Waals surface area contributed by atoms with Crippen molar-refractivity contribution in [2.24, 2.45) is 5.10 Å². The topological polar surface area (TPSA) is 65.9 Å². The Labute approximate surface area is 144 Å². The van der Waals surface area contributed by atoms with Crippen LogP contribution in [0.15, 0.2) is 47.6 Å². The van der Waals surface area contributed by atoms with E-state index in [4.69, 9.17) is 28.6 Å². The summed E-state index contributed by atoms with van der Waals surface area (Å²) in [6.45, 7) is 1.74. The van der Waals surface area contributed by atoms with Crippen LogP contribution in [0.5, 0.6) is 11.5 Å². The number of hydrogen-bond donors (Lipinski definition) is 3. The second-order valence-corrected chi connectivity index (χ2v) is 5.50. The zero-order valence-corrected chi connectivity index (χ0v) is 14.2. The number of thiocarbonyl (C=S) groups is 1. The fourth-order valence-electron chi connectivity index (χ4n) is 1.85. The number of phenols is 1. The minimum atomic E-state index is 0.101. The first-order valence-electron chi connectivity index (χ1n) is 6.74. The van der Waals surface area contributed by atoms with E-state index in [1.165, 1.54) is 6.07 Å². The van der Waals surface area contributed by atoms with Gasteiger partial charge in [0.2, 0.25) is 0 Å². The van der Waals surface area contributed by atoms with Gasteiger partial charge in [-0.15, -0.1) is 0 Å². The van der Waals surface area contributed by atoms with Gasteiger partial charge in [-0.05, 0) is 49.5 Å². The predicted molar refractivity (Wildman–Crippen MR) is 97.7 cm³/mol. The van der Waals surface area contributed by atoms with Crippen LogP contribution in [-0.4, -0.2) is 23.0 Å². The first-order valence-corrected chi connectivity index (χ1v) is 7.52. The van der Waals surface area contributed by atoms with Crippen LogP contribution in [0.4, 0.5) is 5.69 Å². The highest BCUT2D eigenvalue weighted by atomic mass is 35.5. The highest BCUT2D eigenvalue weighted by Gasteiger charge is 2.06. The lowest BCUT2D eigenvalue weighted by molar-refractivity contribution is 0.415. The number of hydrazone groups is 1. The van der Waals surface area contributed by atoms with Gasteiger partial charge in [0.25, 0.3) is 0 Å². The van der Waals surface area contributed by atoms with Crippen LogP contribution in [0.3, 0.4) is 0 Å². The monoisotopic (exact) mass is 349 g/mol. The molecular formula is C16H16ClN3O2S. The molecule has 120 valence electrons. The van der Waals surface area contributed by atoms with Crippen LogP contribution >= 0.6 is 23.8 Å². The van der Waals surface area contributed by atoms with Crippen molar-refractivity contribution in [1.29, 1.82) is 0 Å². The Kier molecular flexibility index (Phi) is 5.78. The molecule has 23 heavy (non-hydrogen) atoms. The highest BCUT2D eigenvalue weighted by molar-refractivity contribution is 7.80. The lowest BCUT2D eigenvalue weighted by Gasteiger charge is -2.10. The lowest BCUT2D eigenvalue weighted by atomic mass is 10.1. The average molecular weight is 350 g/mol. The van der Waals surface area contributed by atoms with Gasteiger partial charge in [-0.1, -0.05) is 17.7 Å². The second kappa shape index (κ2) is 7.80. The maximum atomic E-state index is 9.83. The smallest absolute Gasteiger partial charge is 0.191 e. The summed E-state index contributed by atoms with van der Waals surface area (Å²) in [6.07, 6.45) is 0. The Balaban J connectivity index is 2.03. The molecule has 5 nitrogen and oxygen atoms in total. The number of anilines is 1. The summed E-state index contributed by atoms with van der Waals surface area (Å²) in [5, 5.41) is 17.8. The van der Waals surface area contributed by atoms with E-state index >= 15 is 0 Å². The molecule has 0 fully saturated rings. The summed E-state index contributed by atoms with van der Waals surface area (Å²) in [4.78, 5) is 0. The van der Waals surface area contributed by atoms with Crippen LogP contribution < -0.4 is 15.5 Å². The number of phenolic OH excluding ortho intramolecular Hbond substituents is 1. The van der Waals surface area contributed by atoms with Crippen LogP contribution in [0.1, 0.15) is 12.5 Å². The molecule has 0 bridgehead atoms. The second-order valence-electron chi connectivity index (χ2n) is 4.66. The maximum Gasteiger partial charge on any atom is 0.191 e. The summed E-state index contributed by atoms with van der Waals surface area (Å²) < 4.78 is 5.15. The minimum Gasteiger partial charge on any atom is -0.507 e. The van der Waals surface area contributed by atoms with Crippen molar-refractivity contribution >= 4 is 40.3 Å². The molecule has 0 unspecified atom stereocenters. The molecule has 3 N–H and O–H groups in total. The summed E-state index contributed by atoms with van der Waals surface area (Å²) >= 11 is 11.1. The van der Waals surface area contributed by atoms with Gasteiger partial charge in [-0.2, -0.15) is 5.10 Å². The number of nitrogens with one attached hydrogen (secondary N) is 2. The molecule has 0 aliphatic heterocycles. The van der Waals surface area contributed by atoms with Gasteiger partial charge in [-0.3, -0.25) is 5.43 Å². The standard InChI is InChI=1S/C16H16ClN3O2S/c1-10(14-8-11(17)6-7-15(14)21)19-20-16(23)18-12-4-3-5-13(9-12)22-2/h3-9,21H,1-2H3,(H2,18,20,23)/b19-10+. The molecule has 7 heteroatoms. The Morgan fingerprint density at radius 2 is 2.04 bits per heavy atom. The maximum absolute atomic E-state index is 9.83.